The minimum atomic E-state index is 0.424. The van der Waals surface area contributed by atoms with Crippen molar-refractivity contribution in [3.05, 3.63) is 48.0 Å². The maximum atomic E-state index is 8.94. The zero-order valence-electron chi connectivity index (χ0n) is 8.01. The van der Waals surface area contributed by atoms with E-state index in [1.54, 1.807) is 12.1 Å². The molecular weight excluding hydrogens is 186 g/mol. The van der Waals surface area contributed by atoms with E-state index < -0.39 is 0 Å². The fourth-order valence-electron chi connectivity index (χ4n) is 1.38. The van der Waals surface area contributed by atoms with Crippen LogP contribution in [0.15, 0.2) is 42.5 Å². The van der Waals surface area contributed by atoms with Crippen molar-refractivity contribution in [3.63, 3.8) is 0 Å². The van der Waals surface area contributed by atoms with Crippen LogP contribution in [-0.2, 0) is 0 Å². The van der Waals surface area contributed by atoms with Crippen LogP contribution in [0.3, 0.4) is 0 Å². The molecule has 0 spiro atoms. The lowest BCUT2D eigenvalue weighted by Gasteiger charge is -2.03. The van der Waals surface area contributed by atoms with Gasteiger partial charge in [0, 0.05) is 5.56 Å². The Morgan fingerprint density at radius 3 is 2.47 bits per heavy atom. The van der Waals surface area contributed by atoms with Gasteiger partial charge >= 0.3 is 0 Å². The molecule has 1 aromatic carbocycles. The van der Waals surface area contributed by atoms with E-state index in [4.69, 9.17) is 11.0 Å². The van der Waals surface area contributed by atoms with E-state index in [0.717, 1.165) is 5.56 Å². The molecule has 2 rings (SSSR count). The van der Waals surface area contributed by atoms with Gasteiger partial charge in [-0.15, -0.1) is 0 Å². The van der Waals surface area contributed by atoms with E-state index in [-0.39, 0.29) is 0 Å². The maximum Gasteiger partial charge on any atom is 0.124 e. The zero-order valence-corrected chi connectivity index (χ0v) is 8.01. The van der Waals surface area contributed by atoms with Gasteiger partial charge in [-0.3, -0.25) is 0 Å². The van der Waals surface area contributed by atoms with Crippen LogP contribution in [0.5, 0.6) is 0 Å². The average Bonchev–Trinajstić information content (AvgIpc) is 2.30. The van der Waals surface area contributed by atoms with Crippen LogP contribution in [0.4, 0.5) is 5.82 Å². The number of rotatable bonds is 1. The summed E-state index contributed by atoms with van der Waals surface area (Å²) in [5.41, 5.74) is 7.68. The zero-order chi connectivity index (χ0) is 10.7. The highest BCUT2D eigenvalue weighted by Gasteiger charge is 2.05. The second kappa shape index (κ2) is 3.81. The largest absolute Gasteiger partial charge is 0.384 e. The topological polar surface area (TPSA) is 62.7 Å². The highest BCUT2D eigenvalue weighted by Crippen LogP contribution is 2.21. The SMILES string of the molecule is N#Cc1ccc(N)nc1-c1ccccc1. The summed E-state index contributed by atoms with van der Waals surface area (Å²) in [6.45, 7) is 0. The molecule has 0 aliphatic heterocycles. The van der Waals surface area contributed by atoms with Crippen molar-refractivity contribution < 1.29 is 0 Å². The van der Waals surface area contributed by atoms with E-state index in [2.05, 4.69) is 11.1 Å². The van der Waals surface area contributed by atoms with Gasteiger partial charge in [0.2, 0.25) is 0 Å². The molecule has 72 valence electrons. The van der Waals surface area contributed by atoms with E-state index >= 15 is 0 Å². The molecule has 0 fully saturated rings. The number of pyridine rings is 1. The van der Waals surface area contributed by atoms with Gasteiger partial charge in [0.15, 0.2) is 0 Å². The number of nitrogens with two attached hydrogens (primary N) is 1. The van der Waals surface area contributed by atoms with E-state index in [0.29, 0.717) is 17.1 Å². The van der Waals surface area contributed by atoms with E-state index in [9.17, 15) is 0 Å². The standard InChI is InChI=1S/C12H9N3/c13-8-10-6-7-11(14)15-12(10)9-4-2-1-3-5-9/h1-7H,(H2,14,15). The summed E-state index contributed by atoms with van der Waals surface area (Å²) in [4.78, 5) is 4.17. The molecule has 0 radical (unpaired) electrons. The number of hydrogen-bond donors (Lipinski definition) is 1. The third kappa shape index (κ3) is 1.79. The normalized spacial score (nSPS) is 9.53. The molecule has 0 saturated carbocycles. The Hall–Kier alpha value is -2.34. The van der Waals surface area contributed by atoms with Gasteiger partial charge in [0.05, 0.1) is 11.3 Å². The van der Waals surface area contributed by atoms with Crippen LogP contribution >= 0.6 is 0 Å². The van der Waals surface area contributed by atoms with Crippen LogP contribution in [0.1, 0.15) is 5.56 Å². The van der Waals surface area contributed by atoms with Gasteiger partial charge in [0.25, 0.3) is 0 Å². The average molecular weight is 195 g/mol. The molecule has 1 heterocycles. The molecule has 15 heavy (non-hydrogen) atoms. The fraction of sp³-hybridized carbons (Fsp3) is 0. The fourth-order valence-corrected chi connectivity index (χ4v) is 1.38. The minimum Gasteiger partial charge on any atom is -0.384 e. The summed E-state index contributed by atoms with van der Waals surface area (Å²) in [6.07, 6.45) is 0. The molecule has 2 aromatic rings. The summed E-state index contributed by atoms with van der Waals surface area (Å²) >= 11 is 0. The molecule has 0 aliphatic carbocycles. The highest BCUT2D eigenvalue weighted by atomic mass is 14.8. The highest BCUT2D eigenvalue weighted by molar-refractivity contribution is 5.67. The maximum absolute atomic E-state index is 8.94. The first-order valence-corrected chi connectivity index (χ1v) is 4.53. The molecule has 0 amide bonds. The number of anilines is 1. The number of nitriles is 1. The predicted molar refractivity (Wildman–Crippen MR) is 58.8 cm³/mol. The van der Waals surface area contributed by atoms with Gasteiger partial charge < -0.3 is 5.73 Å². The van der Waals surface area contributed by atoms with Crippen LogP contribution in [-0.4, -0.2) is 4.98 Å². The van der Waals surface area contributed by atoms with Crippen LogP contribution in [0, 0.1) is 11.3 Å². The summed E-state index contributed by atoms with van der Waals surface area (Å²) in [5, 5.41) is 8.94. The molecule has 0 atom stereocenters. The third-order valence-electron chi connectivity index (χ3n) is 2.08. The Bertz CT molecular complexity index is 512. The van der Waals surface area contributed by atoms with Crippen molar-refractivity contribution in [1.29, 1.82) is 5.26 Å². The molecule has 3 heteroatoms. The summed E-state index contributed by atoms with van der Waals surface area (Å²) in [5.74, 6) is 0.424. The van der Waals surface area contributed by atoms with Gasteiger partial charge in [-0.25, -0.2) is 4.98 Å². The second-order valence-corrected chi connectivity index (χ2v) is 3.11. The Kier molecular flexibility index (Phi) is 2.34. The molecule has 0 aliphatic rings. The summed E-state index contributed by atoms with van der Waals surface area (Å²) < 4.78 is 0. The Morgan fingerprint density at radius 1 is 1.07 bits per heavy atom. The monoisotopic (exact) mass is 195 g/mol. The van der Waals surface area contributed by atoms with Crippen LogP contribution in [0.25, 0.3) is 11.3 Å². The van der Waals surface area contributed by atoms with Gasteiger partial charge in [-0.05, 0) is 12.1 Å². The third-order valence-corrected chi connectivity index (χ3v) is 2.08. The lowest BCUT2D eigenvalue weighted by atomic mass is 10.1. The van der Waals surface area contributed by atoms with Gasteiger partial charge in [-0.2, -0.15) is 5.26 Å². The Balaban J connectivity index is 2.62. The minimum absolute atomic E-state index is 0.424. The molecule has 0 saturated heterocycles. The quantitative estimate of drug-likeness (QED) is 0.758. The Morgan fingerprint density at radius 2 is 1.80 bits per heavy atom. The molecule has 0 bridgehead atoms. The number of benzene rings is 1. The molecular formula is C12H9N3. The van der Waals surface area contributed by atoms with Crippen molar-refractivity contribution in [2.45, 2.75) is 0 Å². The Labute approximate surface area is 87.8 Å². The molecule has 1 aromatic heterocycles. The van der Waals surface area contributed by atoms with Crippen molar-refractivity contribution in [3.8, 4) is 17.3 Å². The van der Waals surface area contributed by atoms with E-state index in [1.807, 2.05) is 30.3 Å². The van der Waals surface area contributed by atoms with Crippen LogP contribution in [0.2, 0.25) is 0 Å². The lowest BCUT2D eigenvalue weighted by Crippen LogP contribution is -1.94. The number of nitrogens with zero attached hydrogens (tertiary/aromatic N) is 2. The summed E-state index contributed by atoms with van der Waals surface area (Å²) in [6, 6.07) is 15.0. The molecule has 0 unspecified atom stereocenters. The van der Waals surface area contributed by atoms with Gasteiger partial charge in [0.1, 0.15) is 11.9 Å². The first kappa shape index (κ1) is 9.22. The van der Waals surface area contributed by atoms with Crippen molar-refractivity contribution in [2.75, 3.05) is 5.73 Å². The smallest absolute Gasteiger partial charge is 0.124 e. The summed E-state index contributed by atoms with van der Waals surface area (Å²) in [7, 11) is 0. The van der Waals surface area contributed by atoms with Crippen molar-refractivity contribution >= 4 is 5.82 Å². The number of nitrogen functional groups attached to an aromatic ring is 1. The first-order valence-electron chi connectivity index (χ1n) is 4.53. The number of hydrogen-bond acceptors (Lipinski definition) is 3. The van der Waals surface area contributed by atoms with Crippen molar-refractivity contribution in [1.82, 2.24) is 4.98 Å². The number of aromatic nitrogens is 1. The van der Waals surface area contributed by atoms with E-state index in [1.165, 1.54) is 0 Å². The van der Waals surface area contributed by atoms with Crippen molar-refractivity contribution in [2.24, 2.45) is 0 Å². The predicted octanol–water partition coefficient (Wildman–Crippen LogP) is 2.20. The molecule has 2 N–H and O–H groups in total. The first-order chi connectivity index (χ1) is 7.31. The lowest BCUT2D eigenvalue weighted by molar-refractivity contribution is 1.31. The van der Waals surface area contributed by atoms with Crippen LogP contribution < -0.4 is 5.73 Å². The van der Waals surface area contributed by atoms with Gasteiger partial charge in [-0.1, -0.05) is 30.3 Å². The molecule has 3 nitrogen and oxygen atoms in total. The second-order valence-electron chi connectivity index (χ2n) is 3.11.